The van der Waals surface area contributed by atoms with Gasteiger partial charge in [0.05, 0.1) is 6.54 Å². The summed E-state index contributed by atoms with van der Waals surface area (Å²) >= 11 is 0. The molecule has 0 spiro atoms. The highest BCUT2D eigenvalue weighted by molar-refractivity contribution is 5.97. The van der Waals surface area contributed by atoms with Gasteiger partial charge in [-0.2, -0.15) is 0 Å². The highest BCUT2D eigenvalue weighted by Crippen LogP contribution is 2.25. The molecule has 0 aliphatic rings. The van der Waals surface area contributed by atoms with Crippen molar-refractivity contribution >= 4 is 11.6 Å². The SMILES string of the molecule is CN(C)C(C(=O)N(Cc1ccccc1)c1ccccc1)c1cccnc1. The number of carbonyl (C=O) groups is 1. The first kappa shape index (κ1) is 17.8. The van der Waals surface area contributed by atoms with Crippen LogP contribution in [-0.2, 0) is 11.3 Å². The molecule has 1 amide bonds. The molecule has 1 atom stereocenters. The number of amides is 1. The molecule has 1 aromatic heterocycles. The molecule has 3 rings (SSSR count). The van der Waals surface area contributed by atoms with E-state index in [9.17, 15) is 4.79 Å². The monoisotopic (exact) mass is 345 g/mol. The van der Waals surface area contributed by atoms with Gasteiger partial charge >= 0.3 is 0 Å². The minimum Gasteiger partial charge on any atom is -0.306 e. The summed E-state index contributed by atoms with van der Waals surface area (Å²) in [5, 5.41) is 0. The van der Waals surface area contributed by atoms with Crippen LogP contribution in [0.5, 0.6) is 0 Å². The smallest absolute Gasteiger partial charge is 0.249 e. The third-order valence-electron chi connectivity index (χ3n) is 4.27. The fraction of sp³-hybridized carbons (Fsp3) is 0.182. The van der Waals surface area contributed by atoms with Gasteiger partial charge in [-0.15, -0.1) is 0 Å². The van der Waals surface area contributed by atoms with Crippen LogP contribution in [0.2, 0.25) is 0 Å². The largest absolute Gasteiger partial charge is 0.306 e. The molecule has 3 aromatic rings. The van der Waals surface area contributed by atoms with Crippen LogP contribution in [0.15, 0.2) is 85.2 Å². The van der Waals surface area contributed by atoms with E-state index in [0.29, 0.717) is 6.54 Å². The fourth-order valence-corrected chi connectivity index (χ4v) is 3.02. The third-order valence-corrected chi connectivity index (χ3v) is 4.27. The summed E-state index contributed by atoms with van der Waals surface area (Å²) in [5.41, 5.74) is 2.86. The van der Waals surface area contributed by atoms with E-state index >= 15 is 0 Å². The van der Waals surface area contributed by atoms with Gasteiger partial charge in [0, 0.05) is 18.1 Å². The van der Waals surface area contributed by atoms with Gasteiger partial charge in [-0.05, 0) is 43.4 Å². The Labute approximate surface area is 154 Å². The van der Waals surface area contributed by atoms with Crippen LogP contribution < -0.4 is 4.90 Å². The fourth-order valence-electron chi connectivity index (χ4n) is 3.02. The Bertz CT molecular complexity index is 820. The average molecular weight is 345 g/mol. The van der Waals surface area contributed by atoms with Crippen molar-refractivity contribution in [2.24, 2.45) is 0 Å². The number of carbonyl (C=O) groups excluding carboxylic acids is 1. The van der Waals surface area contributed by atoms with Gasteiger partial charge < -0.3 is 4.90 Å². The number of para-hydroxylation sites is 1. The van der Waals surface area contributed by atoms with Crippen LogP contribution >= 0.6 is 0 Å². The first-order chi connectivity index (χ1) is 12.7. The number of nitrogens with zero attached hydrogens (tertiary/aromatic N) is 3. The molecule has 0 saturated heterocycles. The lowest BCUT2D eigenvalue weighted by Crippen LogP contribution is -2.40. The average Bonchev–Trinajstić information content (AvgIpc) is 2.68. The van der Waals surface area contributed by atoms with E-state index in [-0.39, 0.29) is 5.91 Å². The van der Waals surface area contributed by atoms with Crippen LogP contribution in [0, 0.1) is 0 Å². The van der Waals surface area contributed by atoms with Crippen molar-refractivity contribution in [3.63, 3.8) is 0 Å². The molecular formula is C22H23N3O. The number of pyridine rings is 1. The molecule has 4 nitrogen and oxygen atoms in total. The van der Waals surface area contributed by atoms with Gasteiger partial charge in [0.1, 0.15) is 6.04 Å². The number of hydrogen-bond donors (Lipinski definition) is 0. The summed E-state index contributed by atoms with van der Waals surface area (Å²) < 4.78 is 0. The first-order valence-corrected chi connectivity index (χ1v) is 8.63. The normalized spacial score (nSPS) is 12.0. The molecule has 0 bridgehead atoms. The topological polar surface area (TPSA) is 36.4 Å². The summed E-state index contributed by atoms with van der Waals surface area (Å²) in [6.45, 7) is 0.522. The molecule has 4 heteroatoms. The van der Waals surface area contributed by atoms with E-state index in [1.54, 1.807) is 12.4 Å². The van der Waals surface area contributed by atoms with Crippen molar-refractivity contribution in [3.05, 3.63) is 96.3 Å². The Hall–Kier alpha value is -2.98. The minimum atomic E-state index is -0.396. The van der Waals surface area contributed by atoms with E-state index in [2.05, 4.69) is 4.98 Å². The first-order valence-electron chi connectivity index (χ1n) is 8.63. The molecule has 26 heavy (non-hydrogen) atoms. The summed E-state index contributed by atoms with van der Waals surface area (Å²) in [5.74, 6) is 0.0260. The van der Waals surface area contributed by atoms with Crippen LogP contribution in [0.3, 0.4) is 0 Å². The molecule has 2 aromatic carbocycles. The summed E-state index contributed by atoms with van der Waals surface area (Å²) in [6.07, 6.45) is 3.48. The van der Waals surface area contributed by atoms with E-state index < -0.39 is 6.04 Å². The van der Waals surface area contributed by atoms with Crippen LogP contribution in [0.25, 0.3) is 0 Å². The molecule has 0 fully saturated rings. The van der Waals surface area contributed by atoms with Gasteiger partial charge in [-0.3, -0.25) is 14.7 Å². The molecule has 0 aliphatic carbocycles. The molecule has 132 valence electrons. The molecule has 1 heterocycles. The highest BCUT2D eigenvalue weighted by Gasteiger charge is 2.29. The Morgan fingerprint density at radius 3 is 2.15 bits per heavy atom. The molecule has 0 N–H and O–H groups in total. The Morgan fingerprint density at radius 1 is 0.923 bits per heavy atom. The molecular weight excluding hydrogens is 322 g/mol. The second-order valence-electron chi connectivity index (χ2n) is 6.40. The zero-order chi connectivity index (χ0) is 18.4. The number of hydrogen-bond acceptors (Lipinski definition) is 3. The molecule has 1 unspecified atom stereocenters. The van der Waals surface area contributed by atoms with Crippen LogP contribution in [0.4, 0.5) is 5.69 Å². The summed E-state index contributed by atoms with van der Waals surface area (Å²) in [4.78, 5) is 21.5. The van der Waals surface area contributed by atoms with Crippen molar-refractivity contribution in [3.8, 4) is 0 Å². The standard InChI is InChI=1S/C22H23N3O/c1-24(2)21(19-12-9-15-23-16-19)22(26)25(20-13-7-4-8-14-20)17-18-10-5-3-6-11-18/h3-16,21H,17H2,1-2H3. The Morgan fingerprint density at radius 2 is 1.58 bits per heavy atom. The van der Waals surface area contributed by atoms with Crippen LogP contribution in [-0.4, -0.2) is 29.9 Å². The van der Waals surface area contributed by atoms with Gasteiger partial charge in [0.25, 0.3) is 0 Å². The quantitative estimate of drug-likeness (QED) is 0.679. The van der Waals surface area contributed by atoms with Crippen molar-refractivity contribution in [1.82, 2.24) is 9.88 Å². The number of rotatable bonds is 6. The predicted octanol–water partition coefficient (Wildman–Crippen LogP) is 3.92. The maximum absolute atomic E-state index is 13.5. The lowest BCUT2D eigenvalue weighted by molar-refractivity contribution is -0.123. The lowest BCUT2D eigenvalue weighted by Gasteiger charge is -2.31. The Kier molecular flexibility index (Phi) is 5.77. The van der Waals surface area contributed by atoms with Gasteiger partial charge in [0.15, 0.2) is 0 Å². The zero-order valence-corrected chi connectivity index (χ0v) is 15.1. The van der Waals surface area contributed by atoms with Gasteiger partial charge in [-0.25, -0.2) is 0 Å². The molecule has 0 saturated carbocycles. The molecule has 0 radical (unpaired) electrons. The number of likely N-dealkylation sites (N-methyl/N-ethyl adjacent to an activating group) is 1. The van der Waals surface area contributed by atoms with E-state index in [4.69, 9.17) is 0 Å². The molecule has 0 aliphatic heterocycles. The highest BCUT2D eigenvalue weighted by atomic mass is 16.2. The van der Waals surface area contributed by atoms with E-state index in [0.717, 1.165) is 16.8 Å². The predicted molar refractivity (Wildman–Crippen MR) is 105 cm³/mol. The minimum absolute atomic E-state index is 0.0260. The second kappa shape index (κ2) is 8.41. The summed E-state index contributed by atoms with van der Waals surface area (Å²) in [7, 11) is 3.84. The van der Waals surface area contributed by atoms with Crippen LogP contribution in [0.1, 0.15) is 17.2 Å². The van der Waals surface area contributed by atoms with E-state index in [1.165, 1.54) is 0 Å². The third kappa shape index (κ3) is 4.16. The van der Waals surface area contributed by atoms with Gasteiger partial charge in [-0.1, -0.05) is 54.6 Å². The second-order valence-corrected chi connectivity index (χ2v) is 6.40. The zero-order valence-electron chi connectivity index (χ0n) is 15.1. The maximum Gasteiger partial charge on any atom is 0.249 e. The van der Waals surface area contributed by atoms with Gasteiger partial charge in [0.2, 0.25) is 5.91 Å². The van der Waals surface area contributed by atoms with E-state index in [1.807, 2.05) is 96.7 Å². The maximum atomic E-state index is 13.5. The number of aromatic nitrogens is 1. The number of anilines is 1. The Balaban J connectivity index is 1.98. The van der Waals surface area contributed by atoms with Crippen molar-refractivity contribution in [2.75, 3.05) is 19.0 Å². The van der Waals surface area contributed by atoms with Crippen molar-refractivity contribution in [1.29, 1.82) is 0 Å². The van der Waals surface area contributed by atoms with Crippen molar-refractivity contribution < 1.29 is 4.79 Å². The number of benzene rings is 2. The van der Waals surface area contributed by atoms with Crippen molar-refractivity contribution in [2.45, 2.75) is 12.6 Å². The lowest BCUT2D eigenvalue weighted by atomic mass is 10.1. The summed E-state index contributed by atoms with van der Waals surface area (Å²) in [6, 6.07) is 23.3.